The van der Waals surface area contributed by atoms with E-state index in [1.807, 2.05) is 55.7 Å². The number of rotatable bonds is 22. The SMILES string of the molecule is CC(C)(C)C(c1cc(-c2cc(F)ccc2F)cn1Cc1ccccc1)N(CCC(N)C(=O)NCCNC(=O)CNC(=O)C(CC(=O)O)SC[C@H](N)C(=O)O)C(=O)CO.O=C(O)C(F)(F)F. The molecular formula is C41H52F5N7O11S. The summed E-state index contributed by atoms with van der Waals surface area (Å²) < 4.78 is 62.9. The normalized spacial score (nSPS) is 13.2. The summed E-state index contributed by atoms with van der Waals surface area (Å²) >= 11 is 0.736. The largest absolute Gasteiger partial charge is 0.490 e. The van der Waals surface area contributed by atoms with Crippen LogP contribution < -0.4 is 27.4 Å². The summed E-state index contributed by atoms with van der Waals surface area (Å²) in [6, 6.07) is 11.0. The van der Waals surface area contributed by atoms with Gasteiger partial charge in [0.15, 0.2) is 0 Å². The topological polar surface area (TPSA) is 297 Å². The van der Waals surface area contributed by atoms with E-state index in [0.717, 1.165) is 35.5 Å². The third-order valence-corrected chi connectivity index (χ3v) is 10.4. The third-order valence-electron chi connectivity index (χ3n) is 9.11. The molecule has 0 spiro atoms. The lowest BCUT2D eigenvalue weighted by Crippen LogP contribution is -2.48. The number of hydrogen-bond acceptors (Lipinski definition) is 11. The number of aliphatic hydroxyl groups is 1. The fourth-order valence-corrected chi connectivity index (χ4v) is 7.13. The van der Waals surface area contributed by atoms with Crippen LogP contribution >= 0.6 is 11.8 Å². The van der Waals surface area contributed by atoms with Gasteiger partial charge in [-0.15, -0.1) is 11.8 Å². The van der Waals surface area contributed by atoms with Crippen molar-refractivity contribution in [2.24, 2.45) is 16.9 Å². The first-order valence-corrected chi connectivity index (χ1v) is 20.6. The van der Waals surface area contributed by atoms with Gasteiger partial charge in [-0.25, -0.2) is 13.6 Å². The van der Waals surface area contributed by atoms with E-state index in [9.17, 15) is 51.4 Å². The Bertz CT molecular complexity index is 2120. The van der Waals surface area contributed by atoms with Gasteiger partial charge in [-0.2, -0.15) is 13.2 Å². The van der Waals surface area contributed by atoms with Gasteiger partial charge < -0.3 is 57.3 Å². The van der Waals surface area contributed by atoms with E-state index in [2.05, 4.69) is 16.0 Å². The van der Waals surface area contributed by atoms with Crippen LogP contribution in [0.1, 0.15) is 50.9 Å². The van der Waals surface area contributed by atoms with Crippen LogP contribution in [-0.4, -0.2) is 133 Å². The molecule has 1 aromatic heterocycles. The molecule has 1 heterocycles. The van der Waals surface area contributed by atoms with Gasteiger partial charge in [0.2, 0.25) is 23.6 Å². The summed E-state index contributed by atoms with van der Waals surface area (Å²) in [5, 5.41) is 41.4. The number of carbonyl (C=O) groups is 7. The molecule has 18 nitrogen and oxygen atoms in total. The predicted octanol–water partition coefficient (Wildman–Crippen LogP) is 2.08. The van der Waals surface area contributed by atoms with Crippen LogP contribution in [0.3, 0.4) is 0 Å². The van der Waals surface area contributed by atoms with Crippen molar-refractivity contribution in [2.45, 2.75) is 69.7 Å². The first-order chi connectivity index (χ1) is 30.3. The number of nitrogens with two attached hydrogens (primary N) is 2. The van der Waals surface area contributed by atoms with Crippen molar-refractivity contribution in [3.8, 4) is 11.1 Å². The minimum Gasteiger partial charge on any atom is -0.481 e. The lowest BCUT2D eigenvalue weighted by molar-refractivity contribution is -0.192. The lowest BCUT2D eigenvalue weighted by atomic mass is 9.82. The second-order valence-corrected chi connectivity index (χ2v) is 16.6. The average molecular weight is 946 g/mol. The van der Waals surface area contributed by atoms with Gasteiger partial charge in [-0.05, 0) is 41.7 Å². The Morgan fingerprint density at radius 2 is 1.46 bits per heavy atom. The highest BCUT2D eigenvalue weighted by Gasteiger charge is 2.39. The standard InChI is InChI=1S/C39H51F2N7O9S.C2HF3O2/c1-39(2,3)35(30-15-24(26-16-25(40)9-10-27(26)41)20-47(30)19-23-7-5-4-6-8-23)48(33(51)21-49)14-11-28(42)36(54)45-13-12-44-32(50)18-46-37(55)31(17-34(52)53)58-22-29(43)38(56)57;3-2(4,5)1(6)7/h4-10,15-16,20,28-29,31,35,49H,11-14,17-19,21-22,42-43H2,1-3H3,(H,44,50)(H,45,54)(H,46,55)(H,52,53)(H,56,57);(H,6,7)/t28?,29-,31?,35?;/m0./s1. The number of nitrogens with zero attached hydrogens (tertiary/aromatic N) is 2. The van der Waals surface area contributed by atoms with E-state index < -0.39 is 108 Å². The molecule has 3 unspecified atom stereocenters. The number of aliphatic hydroxyl groups excluding tert-OH is 1. The van der Waals surface area contributed by atoms with Crippen LogP contribution in [0.25, 0.3) is 11.1 Å². The van der Waals surface area contributed by atoms with Crippen molar-refractivity contribution in [1.82, 2.24) is 25.4 Å². The molecule has 11 N–H and O–H groups in total. The van der Waals surface area contributed by atoms with Gasteiger partial charge in [0.25, 0.3) is 0 Å². The Morgan fingerprint density at radius 3 is 2.02 bits per heavy atom. The number of nitrogens with one attached hydrogen (secondary N) is 3. The molecule has 4 atom stereocenters. The molecule has 0 aliphatic rings. The Labute approximate surface area is 373 Å². The molecule has 0 fully saturated rings. The van der Waals surface area contributed by atoms with Gasteiger partial charge in [-0.3, -0.25) is 28.8 Å². The summed E-state index contributed by atoms with van der Waals surface area (Å²) in [6.45, 7) is 4.40. The summed E-state index contributed by atoms with van der Waals surface area (Å²) in [5.41, 5.74) is 12.8. The van der Waals surface area contributed by atoms with Crippen LogP contribution in [0.4, 0.5) is 22.0 Å². The average Bonchev–Trinajstić information content (AvgIpc) is 3.63. The van der Waals surface area contributed by atoms with Crippen molar-refractivity contribution in [2.75, 3.05) is 38.5 Å². The lowest BCUT2D eigenvalue weighted by Gasteiger charge is -2.41. The van der Waals surface area contributed by atoms with Gasteiger partial charge in [-0.1, -0.05) is 51.1 Å². The van der Waals surface area contributed by atoms with Crippen molar-refractivity contribution < 1.29 is 75.9 Å². The Morgan fingerprint density at radius 1 is 0.846 bits per heavy atom. The number of thioether (sulfide) groups is 1. The number of amides is 4. The molecule has 0 saturated heterocycles. The molecule has 0 radical (unpaired) electrons. The maximum absolute atomic E-state index is 15.0. The van der Waals surface area contributed by atoms with Gasteiger partial charge in [0.05, 0.1) is 30.3 Å². The minimum absolute atomic E-state index is 0.0273. The van der Waals surface area contributed by atoms with Crippen molar-refractivity contribution in [3.05, 3.63) is 83.7 Å². The molecule has 358 valence electrons. The van der Waals surface area contributed by atoms with E-state index in [-0.39, 0.29) is 37.4 Å². The van der Waals surface area contributed by atoms with E-state index in [0.29, 0.717) is 17.8 Å². The maximum Gasteiger partial charge on any atom is 0.490 e. The molecule has 65 heavy (non-hydrogen) atoms. The van der Waals surface area contributed by atoms with Crippen LogP contribution in [0, 0.1) is 17.0 Å². The number of halogens is 5. The van der Waals surface area contributed by atoms with E-state index in [4.69, 9.17) is 31.6 Å². The first-order valence-electron chi connectivity index (χ1n) is 19.6. The molecule has 2 aromatic carbocycles. The van der Waals surface area contributed by atoms with Gasteiger partial charge in [0, 0.05) is 54.9 Å². The Balaban J connectivity index is 0.00000191. The number of benzene rings is 2. The highest BCUT2D eigenvalue weighted by molar-refractivity contribution is 8.00. The molecule has 0 aliphatic heterocycles. The fourth-order valence-electron chi connectivity index (χ4n) is 6.05. The molecular weight excluding hydrogens is 894 g/mol. The fraction of sp³-hybridized carbons (Fsp3) is 0.439. The second kappa shape index (κ2) is 25.4. The van der Waals surface area contributed by atoms with Gasteiger partial charge in [0.1, 0.15) is 24.3 Å². The molecule has 3 rings (SSSR count). The zero-order valence-corrected chi connectivity index (χ0v) is 36.3. The van der Waals surface area contributed by atoms with Crippen LogP contribution in [0.15, 0.2) is 60.8 Å². The number of carboxylic acid groups (broad SMARTS) is 3. The smallest absolute Gasteiger partial charge is 0.481 e. The molecule has 24 heteroatoms. The monoisotopic (exact) mass is 945 g/mol. The summed E-state index contributed by atoms with van der Waals surface area (Å²) in [5.74, 6) is -9.58. The molecule has 0 saturated carbocycles. The third kappa shape index (κ3) is 18.5. The number of aromatic nitrogens is 1. The minimum atomic E-state index is -5.08. The Kier molecular flexibility index (Phi) is 21.5. The van der Waals surface area contributed by atoms with Crippen molar-refractivity contribution in [3.63, 3.8) is 0 Å². The van der Waals surface area contributed by atoms with Crippen LogP contribution in [-0.2, 0) is 40.1 Å². The number of aliphatic carboxylic acids is 3. The number of alkyl halides is 3. The van der Waals surface area contributed by atoms with E-state index in [1.54, 1.807) is 12.3 Å². The number of carbonyl (C=O) groups excluding carboxylic acids is 4. The maximum atomic E-state index is 15.0. The zero-order valence-electron chi connectivity index (χ0n) is 35.4. The van der Waals surface area contributed by atoms with Crippen LogP contribution in [0.5, 0.6) is 0 Å². The van der Waals surface area contributed by atoms with Crippen molar-refractivity contribution >= 4 is 53.3 Å². The highest BCUT2D eigenvalue weighted by Crippen LogP contribution is 2.41. The summed E-state index contributed by atoms with van der Waals surface area (Å²) in [4.78, 5) is 83.6. The first kappa shape index (κ1) is 55.0. The van der Waals surface area contributed by atoms with Gasteiger partial charge >= 0.3 is 24.1 Å². The molecule has 4 amide bonds. The molecule has 0 bridgehead atoms. The van der Waals surface area contributed by atoms with Crippen LogP contribution in [0.2, 0.25) is 0 Å². The zero-order chi connectivity index (χ0) is 49.2. The number of hydrogen-bond donors (Lipinski definition) is 9. The Hall–Kier alpha value is -6.11. The van der Waals surface area contributed by atoms with Crippen molar-refractivity contribution in [1.29, 1.82) is 0 Å². The molecule has 3 aromatic rings. The summed E-state index contributed by atoms with van der Waals surface area (Å²) in [6.07, 6.45) is -4.07. The second-order valence-electron chi connectivity index (χ2n) is 15.3. The van der Waals surface area contributed by atoms with E-state index >= 15 is 4.39 Å². The summed E-state index contributed by atoms with van der Waals surface area (Å²) in [7, 11) is 0. The van der Waals surface area contributed by atoms with E-state index in [1.165, 1.54) is 4.90 Å². The number of carboxylic acids is 3. The highest BCUT2D eigenvalue weighted by atomic mass is 32.2. The predicted molar refractivity (Wildman–Crippen MR) is 226 cm³/mol. The quantitative estimate of drug-likeness (QED) is 0.0515. The molecule has 0 aliphatic carbocycles.